The third kappa shape index (κ3) is 3.21. The smallest absolute Gasteiger partial charge is 0.0711 e. The monoisotopic (exact) mass is 461 g/mol. The van der Waals surface area contributed by atoms with Gasteiger partial charge in [0.15, 0.2) is 0 Å². The van der Waals surface area contributed by atoms with Gasteiger partial charge in [-0.05, 0) is 59.7 Å². The molecule has 2 aromatic heterocycles. The van der Waals surface area contributed by atoms with Crippen molar-refractivity contribution in [3.05, 3.63) is 127 Å². The van der Waals surface area contributed by atoms with E-state index in [1.54, 1.807) is 0 Å². The molecule has 0 unspecified atom stereocenters. The molecule has 0 N–H and O–H groups in total. The van der Waals surface area contributed by atoms with Crippen molar-refractivity contribution in [1.82, 2.24) is 9.97 Å². The summed E-state index contributed by atoms with van der Waals surface area (Å²) >= 11 is 0. The van der Waals surface area contributed by atoms with Crippen molar-refractivity contribution >= 4 is 60.4 Å². The Kier molecular flexibility index (Phi) is 4.68. The Labute approximate surface area is 209 Å². The molecule has 0 saturated carbocycles. The van der Waals surface area contributed by atoms with Crippen molar-refractivity contribution in [2.75, 3.05) is 4.90 Å². The fourth-order valence-electron chi connectivity index (χ4n) is 5.36. The van der Waals surface area contributed by atoms with Crippen molar-refractivity contribution in [3.63, 3.8) is 0 Å². The van der Waals surface area contributed by atoms with Gasteiger partial charge >= 0.3 is 0 Å². The highest BCUT2D eigenvalue weighted by molar-refractivity contribution is 6.16. The molecular formula is C33H23N3. The summed E-state index contributed by atoms with van der Waals surface area (Å²) < 4.78 is 0. The lowest BCUT2D eigenvalue weighted by molar-refractivity contribution is 1.27. The van der Waals surface area contributed by atoms with Crippen LogP contribution in [0.1, 0.15) is 5.56 Å². The van der Waals surface area contributed by atoms with E-state index < -0.39 is 0 Å². The molecule has 0 bridgehead atoms. The molecule has 0 aliphatic carbocycles. The van der Waals surface area contributed by atoms with Gasteiger partial charge < -0.3 is 4.90 Å². The maximum absolute atomic E-state index is 4.91. The Bertz CT molecular complexity index is 1850. The average molecular weight is 462 g/mol. The van der Waals surface area contributed by atoms with Crippen LogP contribution >= 0.6 is 0 Å². The largest absolute Gasteiger partial charge is 0.308 e. The van der Waals surface area contributed by atoms with E-state index in [0.717, 1.165) is 38.9 Å². The van der Waals surface area contributed by atoms with Crippen LogP contribution in [0, 0.1) is 6.92 Å². The van der Waals surface area contributed by atoms with Crippen molar-refractivity contribution in [1.29, 1.82) is 0 Å². The highest BCUT2D eigenvalue weighted by atomic mass is 15.2. The summed E-state index contributed by atoms with van der Waals surface area (Å²) in [6.45, 7) is 2.22. The van der Waals surface area contributed by atoms with Crippen molar-refractivity contribution in [2.24, 2.45) is 0 Å². The number of hydrogen-bond acceptors (Lipinski definition) is 3. The van der Waals surface area contributed by atoms with Crippen LogP contribution in [0.2, 0.25) is 0 Å². The number of nitrogens with zero attached hydrogens (tertiary/aromatic N) is 3. The zero-order valence-corrected chi connectivity index (χ0v) is 19.9. The number of para-hydroxylation sites is 1. The Hall–Kier alpha value is -4.76. The van der Waals surface area contributed by atoms with Gasteiger partial charge in [-0.15, -0.1) is 0 Å². The van der Waals surface area contributed by atoms with Crippen LogP contribution < -0.4 is 4.90 Å². The van der Waals surface area contributed by atoms with E-state index in [4.69, 9.17) is 4.98 Å². The first-order valence-corrected chi connectivity index (χ1v) is 12.2. The molecule has 3 nitrogen and oxygen atoms in total. The van der Waals surface area contributed by atoms with Crippen LogP contribution in [0.15, 0.2) is 122 Å². The predicted octanol–water partition coefficient (Wildman–Crippen LogP) is 8.87. The molecule has 0 radical (unpaired) electrons. The van der Waals surface area contributed by atoms with Crippen LogP contribution in [0.3, 0.4) is 0 Å². The van der Waals surface area contributed by atoms with Gasteiger partial charge in [0.05, 0.1) is 28.6 Å². The normalized spacial score (nSPS) is 11.5. The first-order chi connectivity index (χ1) is 17.8. The maximum Gasteiger partial charge on any atom is 0.0711 e. The Morgan fingerprint density at radius 3 is 1.86 bits per heavy atom. The van der Waals surface area contributed by atoms with Crippen molar-refractivity contribution < 1.29 is 0 Å². The third-order valence-corrected chi connectivity index (χ3v) is 7.06. The minimum absolute atomic E-state index is 0.964. The highest BCUT2D eigenvalue weighted by Gasteiger charge is 2.20. The second kappa shape index (κ2) is 8.17. The lowest BCUT2D eigenvalue weighted by Crippen LogP contribution is -2.12. The lowest BCUT2D eigenvalue weighted by Gasteiger charge is -2.29. The Balaban J connectivity index is 1.58. The molecule has 0 aliphatic heterocycles. The second-order valence-corrected chi connectivity index (χ2v) is 9.17. The molecule has 36 heavy (non-hydrogen) atoms. The molecule has 0 atom stereocenters. The average Bonchev–Trinajstić information content (AvgIpc) is 2.94. The number of pyridine rings is 2. The molecule has 0 spiro atoms. The molecule has 0 fully saturated rings. The van der Waals surface area contributed by atoms with Crippen molar-refractivity contribution in [2.45, 2.75) is 6.92 Å². The Morgan fingerprint density at radius 1 is 0.528 bits per heavy atom. The third-order valence-electron chi connectivity index (χ3n) is 7.06. The van der Waals surface area contributed by atoms with Crippen LogP contribution in [-0.2, 0) is 0 Å². The lowest BCUT2D eigenvalue weighted by atomic mass is 9.94. The van der Waals surface area contributed by atoms with E-state index in [1.165, 1.54) is 27.1 Å². The van der Waals surface area contributed by atoms with Gasteiger partial charge in [-0.25, -0.2) is 0 Å². The van der Waals surface area contributed by atoms with Gasteiger partial charge in [0.25, 0.3) is 0 Å². The number of fused-ring (bicyclic) bond motifs is 4. The molecule has 7 aromatic rings. The maximum atomic E-state index is 4.91. The Morgan fingerprint density at radius 2 is 1.14 bits per heavy atom. The summed E-state index contributed by atoms with van der Waals surface area (Å²) in [4.78, 5) is 11.8. The van der Waals surface area contributed by atoms with E-state index in [1.807, 2.05) is 18.5 Å². The summed E-state index contributed by atoms with van der Waals surface area (Å²) in [5.41, 5.74) is 6.51. The van der Waals surface area contributed by atoms with Crippen molar-refractivity contribution in [3.8, 4) is 0 Å². The molecule has 7 rings (SSSR count). The highest BCUT2D eigenvalue weighted by Crippen LogP contribution is 2.45. The molecule has 3 heteroatoms. The van der Waals surface area contributed by atoms with Crippen LogP contribution in [0.5, 0.6) is 0 Å². The number of aryl methyl sites for hydroxylation is 1. The van der Waals surface area contributed by atoms with E-state index in [-0.39, 0.29) is 0 Å². The van der Waals surface area contributed by atoms with E-state index in [0.29, 0.717) is 0 Å². The summed E-state index contributed by atoms with van der Waals surface area (Å²) in [5, 5.41) is 7.13. The zero-order chi connectivity index (χ0) is 24.1. The first-order valence-electron chi connectivity index (χ1n) is 12.2. The molecule has 170 valence electrons. The molecular weight excluding hydrogens is 438 g/mol. The number of hydrogen-bond donors (Lipinski definition) is 0. The predicted molar refractivity (Wildman–Crippen MR) is 151 cm³/mol. The van der Waals surface area contributed by atoms with Crippen LogP contribution in [-0.4, -0.2) is 9.97 Å². The summed E-state index contributed by atoms with van der Waals surface area (Å²) in [6.07, 6.45) is 3.83. The number of rotatable bonds is 3. The first kappa shape index (κ1) is 20.6. The molecule has 5 aromatic carbocycles. The molecule has 0 aliphatic rings. The summed E-state index contributed by atoms with van der Waals surface area (Å²) in [5.74, 6) is 0. The number of benzene rings is 5. The molecule has 0 saturated heterocycles. The van der Waals surface area contributed by atoms with Gasteiger partial charge in [-0.2, -0.15) is 0 Å². The number of aromatic nitrogens is 2. The van der Waals surface area contributed by atoms with Gasteiger partial charge in [0, 0.05) is 33.4 Å². The minimum Gasteiger partial charge on any atom is -0.308 e. The topological polar surface area (TPSA) is 29.0 Å². The SMILES string of the molecule is Cc1c2ccccc2c(N(c2ccccc2)c2cnc3cc4cccnc4cc3c2)c2ccccc12. The standard InChI is InChI=1S/C33H23N3/c1-22-27-13-5-7-15-29(27)33(30-16-8-6-14-28(22)30)36(25-11-3-2-4-12-25)26-18-24-20-31-23(10-9-17-34-31)19-32(24)35-21-26/h2-21H,1H3. The van der Waals surface area contributed by atoms with Crippen LogP contribution in [0.4, 0.5) is 17.1 Å². The van der Waals surface area contributed by atoms with E-state index in [2.05, 4.69) is 120 Å². The number of anilines is 3. The van der Waals surface area contributed by atoms with Gasteiger partial charge in [-0.3, -0.25) is 9.97 Å². The second-order valence-electron chi connectivity index (χ2n) is 9.17. The fraction of sp³-hybridized carbons (Fsp3) is 0.0303. The summed E-state index contributed by atoms with van der Waals surface area (Å²) in [6, 6.07) is 38.5. The van der Waals surface area contributed by atoms with Gasteiger partial charge in [0.1, 0.15) is 0 Å². The van der Waals surface area contributed by atoms with E-state index in [9.17, 15) is 0 Å². The minimum atomic E-state index is 0.964. The van der Waals surface area contributed by atoms with E-state index >= 15 is 0 Å². The molecule has 0 amide bonds. The quantitative estimate of drug-likeness (QED) is 0.246. The summed E-state index contributed by atoms with van der Waals surface area (Å²) in [7, 11) is 0. The van der Waals surface area contributed by atoms with Gasteiger partial charge in [-0.1, -0.05) is 72.8 Å². The zero-order valence-electron chi connectivity index (χ0n) is 19.9. The van der Waals surface area contributed by atoms with Crippen LogP contribution in [0.25, 0.3) is 43.4 Å². The van der Waals surface area contributed by atoms with Gasteiger partial charge in [0.2, 0.25) is 0 Å². The molecule has 2 heterocycles. The fourth-order valence-corrected chi connectivity index (χ4v) is 5.36.